The predicted molar refractivity (Wildman–Crippen MR) is 80.7 cm³/mol. The molecule has 0 aliphatic rings. The molecule has 0 aromatic heterocycles. The Labute approximate surface area is 120 Å². The van der Waals surface area contributed by atoms with Crippen LogP contribution in [0.2, 0.25) is 0 Å². The van der Waals surface area contributed by atoms with Crippen LogP contribution in [0.3, 0.4) is 0 Å². The Morgan fingerprint density at radius 1 is 0.200 bits per heavy atom. The van der Waals surface area contributed by atoms with Crippen LogP contribution >= 0.6 is 99.3 Å². The summed E-state index contributed by atoms with van der Waals surface area (Å²) in [5.41, 5.74) is 0. The van der Waals surface area contributed by atoms with Crippen LogP contribution in [0.15, 0.2) is 0 Å². The molecule has 0 spiro atoms. The van der Waals surface area contributed by atoms with Crippen LogP contribution in [-0.4, -0.2) is 21.9 Å². The predicted octanol–water partition coefficient (Wildman–Crippen LogP) is 0.471. The van der Waals surface area contributed by atoms with Gasteiger partial charge < -0.3 is 0 Å². The molecule has 0 aliphatic heterocycles. The standard InChI is InChI=1S/8ClH.2H4Si/h8*1H;2*1H4. The van der Waals surface area contributed by atoms with E-state index >= 15 is 0 Å². The van der Waals surface area contributed by atoms with Crippen molar-refractivity contribution in [3.05, 3.63) is 0 Å². The number of hydrogen-bond acceptors (Lipinski definition) is 0. The molecule has 0 aliphatic carbocycles. The molecular formula is H16Cl8Si2. The van der Waals surface area contributed by atoms with Crippen molar-refractivity contribution in [1.82, 2.24) is 0 Å². The normalized spacial score (nSPS) is 0. The summed E-state index contributed by atoms with van der Waals surface area (Å²) in [6.45, 7) is 0. The molecule has 0 unspecified atom stereocenters. The molecular weight excluding hydrogens is 340 g/mol. The van der Waals surface area contributed by atoms with E-state index in [0.29, 0.717) is 0 Å². The molecule has 80 valence electrons. The van der Waals surface area contributed by atoms with Crippen molar-refractivity contribution in [1.29, 1.82) is 0 Å². The quantitative estimate of drug-likeness (QED) is 0.554. The summed E-state index contributed by atoms with van der Waals surface area (Å²) in [5.74, 6) is 0. The first-order valence-electron chi connectivity index (χ1n) is 0. The smallest absolute Gasteiger partial charge is 0.0149 e. The van der Waals surface area contributed by atoms with E-state index < -0.39 is 0 Å². The van der Waals surface area contributed by atoms with E-state index in [2.05, 4.69) is 0 Å². The zero-order valence-electron chi connectivity index (χ0n) is 3.27. The van der Waals surface area contributed by atoms with Crippen molar-refractivity contribution in [2.45, 2.75) is 0 Å². The molecule has 0 aromatic rings. The third-order valence-electron chi connectivity index (χ3n) is 0. The van der Waals surface area contributed by atoms with Crippen molar-refractivity contribution >= 4 is 121 Å². The number of rotatable bonds is 0. The molecule has 0 saturated carbocycles. The highest BCUT2D eigenvalue weighted by molar-refractivity contribution is 5.86. The van der Waals surface area contributed by atoms with Crippen LogP contribution in [0.1, 0.15) is 0 Å². The van der Waals surface area contributed by atoms with Gasteiger partial charge in [-0.25, -0.2) is 0 Å². The summed E-state index contributed by atoms with van der Waals surface area (Å²) >= 11 is 0. The Morgan fingerprint density at radius 3 is 0.200 bits per heavy atom. The fraction of sp³-hybridized carbons (Fsp3) is 0. The summed E-state index contributed by atoms with van der Waals surface area (Å²) in [6.07, 6.45) is 0. The molecule has 0 atom stereocenters. The molecule has 0 fully saturated rings. The molecule has 0 rings (SSSR count). The number of hydrogen-bond donors (Lipinski definition) is 0. The molecule has 0 N–H and O–H groups in total. The molecule has 0 bridgehead atoms. The van der Waals surface area contributed by atoms with Crippen molar-refractivity contribution in [3.8, 4) is 0 Å². The largest absolute Gasteiger partial charge is 0.147 e. The molecule has 0 heterocycles. The first kappa shape index (κ1) is 232. The second-order valence-corrected chi connectivity index (χ2v) is 0. The van der Waals surface area contributed by atoms with Crippen molar-refractivity contribution < 1.29 is 0 Å². The van der Waals surface area contributed by atoms with Crippen LogP contribution < -0.4 is 0 Å². The molecule has 0 nitrogen and oxygen atoms in total. The van der Waals surface area contributed by atoms with Crippen LogP contribution in [0, 0.1) is 0 Å². The second-order valence-electron chi connectivity index (χ2n) is 0. The van der Waals surface area contributed by atoms with Crippen molar-refractivity contribution in [2.75, 3.05) is 0 Å². The molecule has 10 heteroatoms. The summed E-state index contributed by atoms with van der Waals surface area (Å²) < 4.78 is 0. The zero-order valence-corrected chi connectivity index (χ0v) is 9.80. The fourth-order valence-corrected chi connectivity index (χ4v) is 0. The van der Waals surface area contributed by atoms with Gasteiger partial charge in [0, 0.05) is 0 Å². The first-order valence-corrected chi connectivity index (χ1v) is 0. The Hall–Kier alpha value is 2.75. The summed E-state index contributed by atoms with van der Waals surface area (Å²) in [6, 6.07) is 0. The van der Waals surface area contributed by atoms with Crippen molar-refractivity contribution in [3.63, 3.8) is 0 Å². The maximum Gasteiger partial charge on any atom is -0.0149 e. The van der Waals surface area contributed by atoms with Gasteiger partial charge in [0.1, 0.15) is 0 Å². The average Bonchev–Trinajstić information content (AvgIpc) is 0. The number of halogens is 8. The van der Waals surface area contributed by atoms with Crippen LogP contribution in [0.4, 0.5) is 0 Å². The highest BCUT2D eigenvalue weighted by Gasteiger charge is -0.0137. The lowest BCUT2D eigenvalue weighted by Crippen LogP contribution is -0.382. The monoisotopic (exact) mass is 352 g/mol. The Morgan fingerprint density at radius 2 is 0.200 bits per heavy atom. The van der Waals surface area contributed by atoms with E-state index in [0.717, 1.165) is 0 Å². The molecule has 0 saturated heterocycles. The van der Waals surface area contributed by atoms with Crippen molar-refractivity contribution in [2.24, 2.45) is 0 Å². The third-order valence-corrected chi connectivity index (χ3v) is 0. The minimum Gasteiger partial charge on any atom is -0.147 e. The van der Waals surface area contributed by atoms with Gasteiger partial charge in [-0.3, -0.25) is 0 Å². The van der Waals surface area contributed by atoms with Crippen LogP contribution in [-0.2, 0) is 0 Å². The van der Waals surface area contributed by atoms with Gasteiger partial charge in [0.25, 0.3) is 0 Å². The minimum absolute atomic E-state index is 0. The van der Waals surface area contributed by atoms with Gasteiger partial charge in [0.2, 0.25) is 0 Å². The van der Waals surface area contributed by atoms with Crippen LogP contribution in [0.5, 0.6) is 0 Å². The van der Waals surface area contributed by atoms with E-state index in [4.69, 9.17) is 0 Å². The lowest BCUT2D eigenvalue weighted by atomic mass is 28.1. The molecule has 0 amide bonds. The lowest BCUT2D eigenvalue weighted by Gasteiger charge is -0.148. The molecule has 0 radical (unpaired) electrons. The van der Waals surface area contributed by atoms with Gasteiger partial charge in [-0.1, -0.05) is 0 Å². The van der Waals surface area contributed by atoms with E-state index in [9.17, 15) is 0 Å². The molecule has 0 aromatic carbocycles. The van der Waals surface area contributed by atoms with Crippen LogP contribution in [0.25, 0.3) is 0 Å². The minimum atomic E-state index is 0. The summed E-state index contributed by atoms with van der Waals surface area (Å²) in [7, 11) is 0. The maximum atomic E-state index is 0. The maximum absolute atomic E-state index is 0. The SMILES string of the molecule is Cl.Cl.Cl.Cl.Cl.Cl.Cl.Cl.[SiH4].[SiH4]. The topological polar surface area (TPSA) is 0 Å². The third kappa shape index (κ3) is 135. The molecule has 10 heavy (non-hydrogen) atoms. The fourth-order valence-electron chi connectivity index (χ4n) is 0. The average molecular weight is 356 g/mol. The van der Waals surface area contributed by atoms with E-state index in [1.165, 1.54) is 0 Å². The van der Waals surface area contributed by atoms with E-state index in [-0.39, 0.29) is 121 Å². The van der Waals surface area contributed by atoms with Gasteiger partial charge in [0.05, 0.1) is 0 Å². The Kier molecular flexibility index (Phi) is 4160. The van der Waals surface area contributed by atoms with Gasteiger partial charge in [-0.05, 0) is 21.9 Å². The van der Waals surface area contributed by atoms with E-state index in [1.54, 1.807) is 0 Å². The highest BCUT2D eigenvalue weighted by Crippen LogP contribution is 0.697. The van der Waals surface area contributed by atoms with Gasteiger partial charge in [-0.15, -0.1) is 99.3 Å². The summed E-state index contributed by atoms with van der Waals surface area (Å²) in [4.78, 5) is 0. The Bertz CT molecular complexity index is 7.22. The highest BCUT2D eigenvalue weighted by atomic mass is 35.5. The Balaban J connectivity index is 0. The first-order chi connectivity index (χ1) is 0. The lowest BCUT2D eigenvalue weighted by molar-refractivity contribution is 5.75. The second kappa shape index (κ2) is 179. The van der Waals surface area contributed by atoms with Gasteiger partial charge in [-0.2, -0.15) is 0 Å². The van der Waals surface area contributed by atoms with Gasteiger partial charge >= 0.3 is 0 Å². The van der Waals surface area contributed by atoms with E-state index in [1.807, 2.05) is 0 Å². The summed E-state index contributed by atoms with van der Waals surface area (Å²) in [5, 5.41) is 0. The van der Waals surface area contributed by atoms with Gasteiger partial charge in [0.15, 0.2) is 0 Å². The zero-order chi connectivity index (χ0) is 0.